The van der Waals surface area contributed by atoms with E-state index in [0.717, 1.165) is 51.9 Å². The molecule has 1 aromatic carbocycles. The molecule has 0 saturated carbocycles. The minimum Gasteiger partial charge on any atom is -0.347 e. The number of hydrogen-bond donors (Lipinski definition) is 0. The number of carbonyl (C=O) groups excluding carboxylic acids is 1. The van der Waals surface area contributed by atoms with E-state index in [0.29, 0.717) is 13.2 Å². The predicted octanol–water partition coefficient (Wildman–Crippen LogP) is 2.02. The van der Waals surface area contributed by atoms with Gasteiger partial charge in [0.2, 0.25) is 5.91 Å². The summed E-state index contributed by atoms with van der Waals surface area (Å²) in [6.07, 6.45) is 3.67. The number of piperidine rings is 1. The number of ether oxygens (including phenoxy) is 2. The number of hydrogen-bond acceptors (Lipinski definition) is 4. The van der Waals surface area contributed by atoms with Crippen LogP contribution in [0.15, 0.2) is 30.3 Å². The van der Waals surface area contributed by atoms with Crippen LogP contribution in [0.25, 0.3) is 0 Å². The summed E-state index contributed by atoms with van der Waals surface area (Å²) in [5.41, 5.74) is 1.28. The second-order valence-electron chi connectivity index (χ2n) is 7.05. The van der Waals surface area contributed by atoms with Crippen LogP contribution in [0.5, 0.6) is 0 Å². The monoisotopic (exact) mass is 330 g/mol. The standard InChI is InChI=1S/C19H26N2O3/c22-18(20-11-8-19(9-12-20)23-13-14-24-19)17-7-4-10-21(17)15-16-5-2-1-3-6-16/h1-3,5-6,17H,4,7-15H2/t17-/m0/s1. The Bertz CT molecular complexity index is 561. The molecular weight excluding hydrogens is 304 g/mol. The first-order valence-electron chi connectivity index (χ1n) is 9.10. The molecule has 0 unspecified atom stereocenters. The van der Waals surface area contributed by atoms with Gasteiger partial charge in [0.15, 0.2) is 5.79 Å². The van der Waals surface area contributed by atoms with Crippen LogP contribution in [0.3, 0.4) is 0 Å². The molecule has 5 nitrogen and oxygen atoms in total. The minimum atomic E-state index is -0.407. The Labute approximate surface area is 143 Å². The van der Waals surface area contributed by atoms with Gasteiger partial charge in [-0.3, -0.25) is 9.69 Å². The van der Waals surface area contributed by atoms with Gasteiger partial charge >= 0.3 is 0 Å². The molecule has 1 amide bonds. The zero-order valence-corrected chi connectivity index (χ0v) is 14.2. The van der Waals surface area contributed by atoms with Crippen molar-refractivity contribution in [3.8, 4) is 0 Å². The Balaban J connectivity index is 1.37. The Hall–Kier alpha value is -1.43. The maximum Gasteiger partial charge on any atom is 0.239 e. The fourth-order valence-electron chi connectivity index (χ4n) is 4.18. The van der Waals surface area contributed by atoms with Gasteiger partial charge in [0.05, 0.1) is 19.3 Å². The molecule has 3 aliphatic heterocycles. The summed E-state index contributed by atoms with van der Waals surface area (Å²) in [5, 5.41) is 0. The molecule has 24 heavy (non-hydrogen) atoms. The smallest absolute Gasteiger partial charge is 0.239 e. The molecule has 5 heteroatoms. The average Bonchev–Trinajstić information content (AvgIpc) is 3.26. The summed E-state index contributed by atoms with van der Waals surface area (Å²) in [6.45, 7) is 4.72. The number of benzene rings is 1. The summed E-state index contributed by atoms with van der Waals surface area (Å²) in [5.74, 6) is -0.118. The van der Waals surface area contributed by atoms with E-state index in [9.17, 15) is 4.79 Å². The molecule has 0 bridgehead atoms. The third-order valence-electron chi connectivity index (χ3n) is 5.53. The Morgan fingerprint density at radius 3 is 2.50 bits per heavy atom. The molecule has 130 valence electrons. The van der Waals surface area contributed by atoms with Gasteiger partial charge in [-0.2, -0.15) is 0 Å². The first-order valence-corrected chi connectivity index (χ1v) is 9.10. The van der Waals surface area contributed by atoms with Gasteiger partial charge in [-0.25, -0.2) is 0 Å². The van der Waals surface area contributed by atoms with E-state index >= 15 is 0 Å². The van der Waals surface area contributed by atoms with Crippen LogP contribution in [0, 0.1) is 0 Å². The van der Waals surface area contributed by atoms with Crippen LogP contribution in [-0.2, 0) is 20.8 Å². The zero-order chi connectivity index (χ0) is 16.4. The highest BCUT2D eigenvalue weighted by atomic mass is 16.7. The third kappa shape index (κ3) is 3.21. The van der Waals surface area contributed by atoms with Crippen molar-refractivity contribution in [3.63, 3.8) is 0 Å². The van der Waals surface area contributed by atoms with Crippen LogP contribution in [0.1, 0.15) is 31.2 Å². The number of amides is 1. The van der Waals surface area contributed by atoms with Crippen molar-refractivity contribution in [2.24, 2.45) is 0 Å². The van der Waals surface area contributed by atoms with Gasteiger partial charge in [0, 0.05) is 32.5 Å². The zero-order valence-electron chi connectivity index (χ0n) is 14.2. The number of rotatable bonds is 3. The highest BCUT2D eigenvalue weighted by Crippen LogP contribution is 2.32. The first kappa shape index (κ1) is 16.1. The van der Waals surface area contributed by atoms with E-state index in [4.69, 9.17) is 9.47 Å². The molecule has 4 rings (SSSR count). The van der Waals surface area contributed by atoms with Crippen LogP contribution < -0.4 is 0 Å². The molecule has 3 saturated heterocycles. The molecule has 3 heterocycles. The summed E-state index contributed by atoms with van der Waals surface area (Å²) < 4.78 is 11.5. The Morgan fingerprint density at radius 2 is 1.79 bits per heavy atom. The number of carbonyl (C=O) groups is 1. The van der Waals surface area contributed by atoms with E-state index in [1.807, 2.05) is 11.0 Å². The minimum absolute atomic E-state index is 0.0321. The molecule has 0 aromatic heterocycles. The van der Waals surface area contributed by atoms with Gasteiger partial charge in [-0.05, 0) is 24.9 Å². The number of nitrogens with zero attached hydrogens (tertiary/aromatic N) is 2. The largest absolute Gasteiger partial charge is 0.347 e. The van der Waals surface area contributed by atoms with E-state index in [-0.39, 0.29) is 11.9 Å². The van der Waals surface area contributed by atoms with Crippen LogP contribution in [0.2, 0.25) is 0 Å². The molecular formula is C19H26N2O3. The van der Waals surface area contributed by atoms with Crippen molar-refractivity contribution < 1.29 is 14.3 Å². The molecule has 3 aliphatic rings. The van der Waals surface area contributed by atoms with E-state index in [1.165, 1.54) is 5.56 Å². The van der Waals surface area contributed by atoms with E-state index in [1.54, 1.807) is 0 Å². The topological polar surface area (TPSA) is 42.0 Å². The van der Waals surface area contributed by atoms with Crippen molar-refractivity contribution in [1.29, 1.82) is 0 Å². The molecule has 0 N–H and O–H groups in total. The van der Waals surface area contributed by atoms with Crippen molar-refractivity contribution in [3.05, 3.63) is 35.9 Å². The maximum atomic E-state index is 13.0. The summed E-state index contributed by atoms with van der Waals surface area (Å²) in [7, 11) is 0. The first-order chi connectivity index (χ1) is 11.8. The lowest BCUT2D eigenvalue weighted by Crippen LogP contribution is -2.52. The summed E-state index contributed by atoms with van der Waals surface area (Å²) >= 11 is 0. The molecule has 0 radical (unpaired) electrons. The fourth-order valence-corrected chi connectivity index (χ4v) is 4.18. The van der Waals surface area contributed by atoms with Gasteiger partial charge in [0.25, 0.3) is 0 Å². The Morgan fingerprint density at radius 1 is 1.08 bits per heavy atom. The normalized spacial score (nSPS) is 27.0. The van der Waals surface area contributed by atoms with Crippen LogP contribution in [0.4, 0.5) is 0 Å². The second kappa shape index (κ2) is 6.82. The lowest BCUT2D eigenvalue weighted by Gasteiger charge is -2.39. The summed E-state index contributed by atoms with van der Waals surface area (Å²) in [6, 6.07) is 10.5. The van der Waals surface area contributed by atoms with Gasteiger partial charge in [-0.15, -0.1) is 0 Å². The van der Waals surface area contributed by atoms with E-state index in [2.05, 4.69) is 29.2 Å². The van der Waals surface area contributed by atoms with Crippen molar-refractivity contribution in [2.45, 2.75) is 44.1 Å². The molecule has 1 aromatic rings. The van der Waals surface area contributed by atoms with Gasteiger partial charge in [-0.1, -0.05) is 30.3 Å². The SMILES string of the molecule is O=C([C@@H]1CCCN1Cc1ccccc1)N1CCC2(CC1)OCCO2. The van der Waals surface area contributed by atoms with E-state index < -0.39 is 5.79 Å². The second-order valence-corrected chi connectivity index (χ2v) is 7.05. The fraction of sp³-hybridized carbons (Fsp3) is 0.632. The third-order valence-corrected chi connectivity index (χ3v) is 5.53. The van der Waals surface area contributed by atoms with Crippen molar-refractivity contribution in [1.82, 2.24) is 9.80 Å². The number of likely N-dealkylation sites (tertiary alicyclic amines) is 2. The summed E-state index contributed by atoms with van der Waals surface area (Å²) in [4.78, 5) is 17.4. The van der Waals surface area contributed by atoms with Crippen LogP contribution >= 0.6 is 0 Å². The Kier molecular flexibility index (Phi) is 4.57. The van der Waals surface area contributed by atoms with Crippen LogP contribution in [-0.4, -0.2) is 60.4 Å². The quantitative estimate of drug-likeness (QED) is 0.850. The maximum absolute atomic E-state index is 13.0. The molecule has 1 atom stereocenters. The lowest BCUT2D eigenvalue weighted by molar-refractivity contribution is -0.188. The highest BCUT2D eigenvalue weighted by Gasteiger charge is 2.42. The van der Waals surface area contributed by atoms with Gasteiger partial charge in [0.1, 0.15) is 0 Å². The molecule has 3 fully saturated rings. The average molecular weight is 330 g/mol. The highest BCUT2D eigenvalue weighted by molar-refractivity contribution is 5.82. The lowest BCUT2D eigenvalue weighted by atomic mass is 10.0. The molecule has 0 aliphatic carbocycles. The van der Waals surface area contributed by atoms with Crippen molar-refractivity contribution >= 4 is 5.91 Å². The van der Waals surface area contributed by atoms with Crippen molar-refractivity contribution in [2.75, 3.05) is 32.8 Å². The van der Waals surface area contributed by atoms with Gasteiger partial charge < -0.3 is 14.4 Å². The molecule has 1 spiro atoms. The predicted molar refractivity (Wildman–Crippen MR) is 90.3 cm³/mol.